The molecule has 1 aliphatic heterocycles. The van der Waals surface area contributed by atoms with Crippen molar-refractivity contribution in [2.45, 2.75) is 115 Å². The highest BCUT2D eigenvalue weighted by atomic mass is 32.2. The molecule has 0 radical (unpaired) electrons. The Bertz CT molecular complexity index is 1260. The van der Waals surface area contributed by atoms with Crippen molar-refractivity contribution in [3.05, 3.63) is 28.2 Å². The fourth-order valence-electron chi connectivity index (χ4n) is 8.99. The first-order chi connectivity index (χ1) is 19.9. The van der Waals surface area contributed by atoms with Crippen LogP contribution in [-0.2, 0) is 17.1 Å². The second kappa shape index (κ2) is 12.7. The fraction of sp³-hybridized carbons (Fsp3) is 0.812. The molecule has 4 fully saturated rings. The summed E-state index contributed by atoms with van der Waals surface area (Å²) in [6, 6.07) is 1.93. The maximum atomic E-state index is 14.3. The van der Waals surface area contributed by atoms with Crippen LogP contribution in [0.15, 0.2) is 17.1 Å². The quantitative estimate of drug-likeness (QED) is 0.354. The van der Waals surface area contributed by atoms with Crippen molar-refractivity contribution < 1.29 is 17.2 Å². The summed E-state index contributed by atoms with van der Waals surface area (Å²) in [5.74, 6) is 1.15. The highest BCUT2D eigenvalue weighted by Crippen LogP contribution is 2.54. The van der Waals surface area contributed by atoms with E-state index in [1.807, 2.05) is 19.2 Å². The Hall–Kier alpha value is -1.81. The van der Waals surface area contributed by atoms with Crippen molar-refractivity contribution in [1.82, 2.24) is 8.87 Å². The summed E-state index contributed by atoms with van der Waals surface area (Å²) in [5.41, 5.74) is 1.35. The number of anilines is 1. The minimum Gasteiger partial charge on any atom is -0.380 e. The van der Waals surface area contributed by atoms with Gasteiger partial charge in [-0.15, -0.1) is 0 Å². The molecule has 0 aromatic carbocycles. The van der Waals surface area contributed by atoms with Crippen LogP contribution in [-0.4, -0.2) is 60.2 Å². The maximum Gasteiger partial charge on any atom is 0.253 e. The predicted octanol–water partition coefficient (Wildman–Crippen LogP) is 6.01. The topological polar surface area (TPSA) is 95.3 Å². The summed E-state index contributed by atoms with van der Waals surface area (Å²) in [4.78, 5) is 12.2. The van der Waals surface area contributed by atoms with E-state index in [1.165, 1.54) is 32.1 Å². The third kappa shape index (κ3) is 6.35. The molecule has 236 valence electrons. The van der Waals surface area contributed by atoms with Gasteiger partial charge in [0.1, 0.15) is 12.3 Å². The minimum absolute atomic E-state index is 0.00948. The Morgan fingerprint density at radius 3 is 2.50 bits per heavy atom. The summed E-state index contributed by atoms with van der Waals surface area (Å²) in [5, 5.41) is 11.2. The van der Waals surface area contributed by atoms with Gasteiger partial charge in [0.2, 0.25) is 10.0 Å². The van der Waals surface area contributed by atoms with Gasteiger partial charge in [-0.05, 0) is 81.1 Å². The molecule has 0 spiro atoms. The summed E-state index contributed by atoms with van der Waals surface area (Å²) in [7, 11) is -1.98. The van der Waals surface area contributed by atoms with Gasteiger partial charge in [0, 0.05) is 50.1 Å². The largest absolute Gasteiger partial charge is 0.380 e. The Labute approximate surface area is 250 Å². The molecule has 4 aliphatic rings. The summed E-state index contributed by atoms with van der Waals surface area (Å²) < 4.78 is 59.0. The third-order valence-corrected chi connectivity index (χ3v) is 13.6. The van der Waals surface area contributed by atoms with E-state index < -0.39 is 27.6 Å². The lowest BCUT2D eigenvalue weighted by atomic mass is 9.57. The van der Waals surface area contributed by atoms with Crippen molar-refractivity contribution in [1.29, 1.82) is 5.41 Å². The average molecular weight is 609 g/mol. The van der Waals surface area contributed by atoms with Crippen LogP contribution in [0, 0.1) is 41.4 Å². The lowest BCUT2D eigenvalue weighted by Crippen LogP contribution is -2.49. The van der Waals surface area contributed by atoms with Crippen LogP contribution in [0.5, 0.6) is 0 Å². The van der Waals surface area contributed by atoms with E-state index in [0.29, 0.717) is 30.5 Å². The summed E-state index contributed by atoms with van der Waals surface area (Å²) >= 11 is 0. The van der Waals surface area contributed by atoms with Gasteiger partial charge >= 0.3 is 0 Å². The molecule has 0 amide bonds. The molecule has 10 heteroatoms. The zero-order valence-electron chi connectivity index (χ0n) is 25.5. The molecule has 1 saturated heterocycles. The van der Waals surface area contributed by atoms with E-state index in [2.05, 4.69) is 12.2 Å². The average Bonchev–Trinajstić information content (AvgIpc) is 3.39. The third-order valence-electron chi connectivity index (χ3n) is 11.3. The number of nitrogens with zero attached hydrogens (tertiary/aromatic N) is 2. The van der Waals surface area contributed by atoms with Crippen molar-refractivity contribution in [3.63, 3.8) is 0 Å². The van der Waals surface area contributed by atoms with E-state index in [4.69, 9.17) is 5.41 Å². The van der Waals surface area contributed by atoms with Crippen LogP contribution in [0.4, 0.5) is 14.5 Å². The molecule has 1 aromatic heterocycles. The monoisotopic (exact) mass is 608 g/mol. The standard InChI is InChI=1S/C32H50F2N4O3S/c1-21-14-30(36-25-13-22(2)31(39)37(3)19-25)24(18-35)15-27(21)32(17-23-7-5-4-6-8-23)11-12-38(20-32)42(40,41)26-9-10-28(33)29(34)16-26/h13,18-19,21,23-24,26-30,35-36H,4-12,14-17,20H2,1-3H3. The zero-order chi connectivity index (χ0) is 30.2. The molecule has 8 unspecified atom stereocenters. The molecule has 7 nitrogen and oxygen atoms in total. The second-order valence-corrected chi connectivity index (χ2v) is 16.3. The lowest BCUT2D eigenvalue weighted by molar-refractivity contribution is 0.0371. The Kier molecular flexibility index (Phi) is 9.53. The second-order valence-electron chi connectivity index (χ2n) is 14.1. The minimum atomic E-state index is -3.73. The maximum absolute atomic E-state index is 14.3. The number of hydrogen-bond acceptors (Lipinski definition) is 5. The van der Waals surface area contributed by atoms with E-state index in [1.54, 1.807) is 22.1 Å². The van der Waals surface area contributed by atoms with Crippen LogP contribution in [0.1, 0.15) is 89.5 Å². The van der Waals surface area contributed by atoms with Crippen molar-refractivity contribution in [2.75, 3.05) is 18.4 Å². The van der Waals surface area contributed by atoms with Gasteiger partial charge in [-0.25, -0.2) is 21.5 Å². The van der Waals surface area contributed by atoms with Crippen LogP contribution in [0.25, 0.3) is 0 Å². The number of aryl methyl sites for hydroxylation is 2. The first-order valence-corrected chi connectivity index (χ1v) is 17.7. The number of rotatable bonds is 8. The van der Waals surface area contributed by atoms with Gasteiger partial charge in [0.15, 0.2) is 0 Å². The lowest BCUT2D eigenvalue weighted by Gasteiger charge is -2.49. The Balaban J connectivity index is 1.38. The van der Waals surface area contributed by atoms with E-state index >= 15 is 0 Å². The molecule has 3 saturated carbocycles. The van der Waals surface area contributed by atoms with E-state index in [9.17, 15) is 22.0 Å². The number of pyridine rings is 1. The number of halogens is 2. The highest BCUT2D eigenvalue weighted by molar-refractivity contribution is 7.89. The zero-order valence-corrected chi connectivity index (χ0v) is 26.4. The molecular formula is C32H50F2N4O3S. The predicted molar refractivity (Wildman–Crippen MR) is 164 cm³/mol. The molecule has 5 rings (SSSR count). The molecule has 2 heterocycles. The van der Waals surface area contributed by atoms with Gasteiger partial charge in [-0.1, -0.05) is 39.0 Å². The molecule has 3 aliphatic carbocycles. The number of aromatic nitrogens is 1. The van der Waals surface area contributed by atoms with Gasteiger partial charge in [0.05, 0.1) is 10.9 Å². The van der Waals surface area contributed by atoms with Crippen molar-refractivity contribution >= 4 is 21.9 Å². The molecule has 0 bridgehead atoms. The fourth-order valence-corrected chi connectivity index (χ4v) is 11.1. The van der Waals surface area contributed by atoms with E-state index in [-0.39, 0.29) is 48.1 Å². The Morgan fingerprint density at radius 1 is 1.10 bits per heavy atom. The SMILES string of the molecule is Cc1cc(NC2CC(C)C(C3(CC4CCCCC4)CCN(S(=O)(=O)C4CCC(F)C(F)C4)C3)CC2C=N)cn(C)c1=O. The van der Waals surface area contributed by atoms with Crippen LogP contribution in [0.2, 0.25) is 0 Å². The molecule has 1 aromatic rings. The van der Waals surface area contributed by atoms with Crippen molar-refractivity contribution in [2.24, 2.45) is 36.1 Å². The normalized spacial score (nSPS) is 37.0. The smallest absolute Gasteiger partial charge is 0.253 e. The molecular weight excluding hydrogens is 558 g/mol. The Morgan fingerprint density at radius 2 is 1.83 bits per heavy atom. The molecule has 42 heavy (non-hydrogen) atoms. The van der Waals surface area contributed by atoms with Gasteiger partial charge < -0.3 is 15.3 Å². The van der Waals surface area contributed by atoms with Crippen LogP contribution in [0.3, 0.4) is 0 Å². The molecule has 2 N–H and O–H groups in total. The van der Waals surface area contributed by atoms with Gasteiger partial charge in [-0.2, -0.15) is 0 Å². The van der Waals surface area contributed by atoms with Gasteiger partial charge in [-0.3, -0.25) is 4.79 Å². The number of sulfonamides is 1. The highest BCUT2D eigenvalue weighted by Gasteiger charge is 2.53. The first kappa shape index (κ1) is 31.6. The van der Waals surface area contributed by atoms with Crippen molar-refractivity contribution in [3.8, 4) is 0 Å². The first-order valence-electron chi connectivity index (χ1n) is 16.1. The molecule has 8 atom stereocenters. The summed E-state index contributed by atoms with van der Waals surface area (Å²) in [6.07, 6.45) is 9.54. The van der Waals surface area contributed by atoms with Crippen LogP contribution >= 0.6 is 0 Å². The summed E-state index contributed by atoms with van der Waals surface area (Å²) in [6.45, 7) is 4.99. The number of alkyl halides is 2. The van der Waals surface area contributed by atoms with Gasteiger partial charge in [0.25, 0.3) is 5.56 Å². The van der Waals surface area contributed by atoms with E-state index in [0.717, 1.165) is 31.4 Å². The number of hydrogen-bond donors (Lipinski definition) is 2. The van der Waals surface area contributed by atoms with Crippen LogP contribution < -0.4 is 10.9 Å². The number of nitrogens with one attached hydrogen (secondary N) is 2.